The molecule has 1 aliphatic carbocycles. The number of nitriles is 1. The molecular weight excluding hydrogens is 234 g/mol. The first-order chi connectivity index (χ1) is 7.95. The minimum atomic E-state index is -0.680. The third-order valence-corrected chi connectivity index (χ3v) is 3.69. The standard InChI is InChI=1S/C14H14ClNO/c1-14(2)7-12(14)13(17)11(8-16)9-4-3-5-10(15)6-9/h3-6,11-12H,7H2,1-2H3. The van der Waals surface area contributed by atoms with E-state index in [1.54, 1.807) is 24.3 Å². The van der Waals surface area contributed by atoms with Gasteiger partial charge in [-0.15, -0.1) is 0 Å². The number of Topliss-reactive ketones (excluding diaryl/α,β-unsaturated/α-hetero) is 1. The molecule has 1 fully saturated rings. The molecule has 1 aliphatic rings. The number of carbonyl (C=O) groups excluding carboxylic acids is 1. The van der Waals surface area contributed by atoms with Gasteiger partial charge in [-0.1, -0.05) is 37.6 Å². The van der Waals surface area contributed by atoms with Crippen molar-refractivity contribution in [2.75, 3.05) is 0 Å². The minimum Gasteiger partial charge on any atom is -0.298 e. The SMILES string of the molecule is CC1(C)CC1C(=O)C(C#N)c1cccc(Cl)c1. The quantitative estimate of drug-likeness (QED) is 0.819. The molecule has 88 valence electrons. The number of nitrogens with zero attached hydrogens (tertiary/aromatic N) is 1. The summed E-state index contributed by atoms with van der Waals surface area (Å²) >= 11 is 5.88. The summed E-state index contributed by atoms with van der Waals surface area (Å²) < 4.78 is 0. The van der Waals surface area contributed by atoms with Crippen molar-refractivity contribution < 1.29 is 4.79 Å². The van der Waals surface area contributed by atoms with Gasteiger partial charge in [0.2, 0.25) is 0 Å². The van der Waals surface area contributed by atoms with E-state index in [1.807, 2.05) is 0 Å². The molecule has 0 heterocycles. The number of carbonyl (C=O) groups is 1. The average Bonchev–Trinajstić information content (AvgIpc) is 2.89. The second-order valence-electron chi connectivity index (χ2n) is 5.26. The van der Waals surface area contributed by atoms with Crippen molar-refractivity contribution in [3.63, 3.8) is 0 Å². The lowest BCUT2D eigenvalue weighted by atomic mass is 9.91. The van der Waals surface area contributed by atoms with Crippen molar-refractivity contribution in [2.45, 2.75) is 26.2 Å². The maximum atomic E-state index is 12.2. The van der Waals surface area contributed by atoms with Crippen LogP contribution in [-0.4, -0.2) is 5.78 Å². The topological polar surface area (TPSA) is 40.9 Å². The van der Waals surface area contributed by atoms with Crippen LogP contribution < -0.4 is 0 Å². The average molecular weight is 248 g/mol. The van der Waals surface area contributed by atoms with E-state index in [1.165, 1.54) is 0 Å². The van der Waals surface area contributed by atoms with Crippen molar-refractivity contribution in [3.05, 3.63) is 34.9 Å². The van der Waals surface area contributed by atoms with Gasteiger partial charge in [-0.3, -0.25) is 4.79 Å². The zero-order valence-corrected chi connectivity index (χ0v) is 10.7. The lowest BCUT2D eigenvalue weighted by Gasteiger charge is -2.10. The van der Waals surface area contributed by atoms with E-state index in [2.05, 4.69) is 19.9 Å². The van der Waals surface area contributed by atoms with Crippen LogP contribution in [0.15, 0.2) is 24.3 Å². The highest BCUT2D eigenvalue weighted by Gasteiger charge is 2.52. The van der Waals surface area contributed by atoms with E-state index < -0.39 is 5.92 Å². The summed E-state index contributed by atoms with van der Waals surface area (Å²) in [5.74, 6) is -0.633. The molecule has 0 N–H and O–H groups in total. The Hall–Kier alpha value is -1.33. The number of benzene rings is 1. The van der Waals surface area contributed by atoms with E-state index in [9.17, 15) is 10.1 Å². The van der Waals surface area contributed by atoms with Crippen LogP contribution in [0.3, 0.4) is 0 Å². The number of rotatable bonds is 3. The minimum absolute atomic E-state index is 0.0196. The van der Waals surface area contributed by atoms with Gasteiger partial charge in [0.25, 0.3) is 0 Å². The Morgan fingerprint density at radius 1 is 1.59 bits per heavy atom. The Labute approximate surface area is 106 Å². The molecule has 1 saturated carbocycles. The molecule has 2 unspecified atom stereocenters. The van der Waals surface area contributed by atoms with Crippen LogP contribution in [0.5, 0.6) is 0 Å². The van der Waals surface area contributed by atoms with Gasteiger partial charge in [-0.25, -0.2) is 0 Å². The molecule has 0 radical (unpaired) electrons. The second kappa shape index (κ2) is 4.16. The van der Waals surface area contributed by atoms with Gasteiger partial charge >= 0.3 is 0 Å². The molecule has 0 spiro atoms. The van der Waals surface area contributed by atoms with Gasteiger partial charge in [0.1, 0.15) is 5.92 Å². The van der Waals surface area contributed by atoms with E-state index in [0.29, 0.717) is 10.6 Å². The third kappa shape index (κ3) is 2.35. The Morgan fingerprint density at radius 2 is 2.24 bits per heavy atom. The summed E-state index contributed by atoms with van der Waals surface area (Å²) in [6.07, 6.45) is 0.880. The smallest absolute Gasteiger partial charge is 0.158 e. The fourth-order valence-corrected chi connectivity index (χ4v) is 2.34. The molecule has 0 amide bonds. The van der Waals surface area contributed by atoms with Crippen LogP contribution in [0.4, 0.5) is 0 Å². The van der Waals surface area contributed by atoms with Crippen LogP contribution >= 0.6 is 11.6 Å². The number of hydrogen-bond donors (Lipinski definition) is 0. The second-order valence-corrected chi connectivity index (χ2v) is 5.70. The normalized spacial score (nSPS) is 22.6. The van der Waals surface area contributed by atoms with E-state index in [-0.39, 0.29) is 17.1 Å². The molecule has 0 bridgehead atoms. The fourth-order valence-electron chi connectivity index (χ4n) is 2.14. The van der Waals surface area contributed by atoms with Crippen molar-refractivity contribution in [3.8, 4) is 6.07 Å². The largest absolute Gasteiger partial charge is 0.298 e. The van der Waals surface area contributed by atoms with Gasteiger partial charge in [0, 0.05) is 10.9 Å². The molecule has 2 nitrogen and oxygen atoms in total. The maximum Gasteiger partial charge on any atom is 0.158 e. The number of hydrogen-bond acceptors (Lipinski definition) is 2. The van der Waals surface area contributed by atoms with Crippen LogP contribution in [0.1, 0.15) is 31.7 Å². The van der Waals surface area contributed by atoms with Gasteiger partial charge in [-0.05, 0) is 29.5 Å². The van der Waals surface area contributed by atoms with Gasteiger partial charge in [0.15, 0.2) is 5.78 Å². The highest BCUT2D eigenvalue weighted by Crippen LogP contribution is 2.53. The predicted molar refractivity (Wildman–Crippen MR) is 66.7 cm³/mol. The molecule has 0 saturated heterocycles. The molecule has 1 aromatic rings. The highest BCUT2D eigenvalue weighted by molar-refractivity contribution is 6.30. The summed E-state index contributed by atoms with van der Waals surface area (Å²) in [5.41, 5.74) is 0.762. The molecule has 0 aliphatic heterocycles. The van der Waals surface area contributed by atoms with Crippen molar-refractivity contribution in [1.82, 2.24) is 0 Å². The highest BCUT2D eigenvalue weighted by atomic mass is 35.5. The molecular formula is C14H14ClNO. The molecule has 3 heteroatoms. The van der Waals surface area contributed by atoms with Crippen LogP contribution in [0.2, 0.25) is 5.02 Å². The fraction of sp³-hybridized carbons (Fsp3) is 0.429. The summed E-state index contributed by atoms with van der Waals surface area (Å²) in [6, 6.07) is 9.09. The summed E-state index contributed by atoms with van der Waals surface area (Å²) in [7, 11) is 0. The van der Waals surface area contributed by atoms with Gasteiger partial charge in [-0.2, -0.15) is 5.26 Å². The first-order valence-electron chi connectivity index (χ1n) is 5.64. The Kier molecular flexibility index (Phi) is 2.97. The molecule has 17 heavy (non-hydrogen) atoms. The van der Waals surface area contributed by atoms with E-state index in [4.69, 9.17) is 11.6 Å². The maximum absolute atomic E-state index is 12.2. The van der Waals surface area contributed by atoms with Crippen molar-refractivity contribution >= 4 is 17.4 Å². The van der Waals surface area contributed by atoms with Crippen LogP contribution in [0.25, 0.3) is 0 Å². The van der Waals surface area contributed by atoms with E-state index in [0.717, 1.165) is 6.42 Å². The molecule has 2 atom stereocenters. The number of ketones is 1. The summed E-state index contributed by atoms with van der Waals surface area (Å²) in [5, 5.41) is 9.73. The van der Waals surface area contributed by atoms with Crippen LogP contribution in [0, 0.1) is 22.7 Å². The lowest BCUT2D eigenvalue weighted by Crippen LogP contribution is -2.15. The zero-order valence-electron chi connectivity index (χ0n) is 9.90. The first-order valence-corrected chi connectivity index (χ1v) is 6.02. The Bertz CT molecular complexity index is 501. The van der Waals surface area contributed by atoms with E-state index >= 15 is 0 Å². The first kappa shape index (κ1) is 12.1. The molecule has 1 aromatic carbocycles. The third-order valence-electron chi connectivity index (χ3n) is 3.45. The summed E-state index contributed by atoms with van der Waals surface area (Å²) in [4.78, 5) is 12.2. The monoisotopic (exact) mass is 247 g/mol. The lowest BCUT2D eigenvalue weighted by molar-refractivity contribution is -0.121. The van der Waals surface area contributed by atoms with Crippen LogP contribution in [-0.2, 0) is 4.79 Å². The zero-order chi connectivity index (χ0) is 12.6. The molecule has 2 rings (SSSR count). The predicted octanol–water partition coefficient (Wildman–Crippen LogP) is 3.56. The Morgan fingerprint density at radius 3 is 2.71 bits per heavy atom. The van der Waals surface area contributed by atoms with Crippen molar-refractivity contribution in [1.29, 1.82) is 5.26 Å². The van der Waals surface area contributed by atoms with Gasteiger partial charge < -0.3 is 0 Å². The van der Waals surface area contributed by atoms with Crippen molar-refractivity contribution in [2.24, 2.45) is 11.3 Å². The molecule has 0 aromatic heterocycles. The van der Waals surface area contributed by atoms with Gasteiger partial charge in [0.05, 0.1) is 6.07 Å². The summed E-state index contributed by atoms with van der Waals surface area (Å²) in [6.45, 7) is 4.12. The number of halogens is 1. The Balaban J connectivity index is 2.24.